The molecular weight excluding hydrogens is 334 g/mol. The molecule has 0 aromatic heterocycles. The van der Waals surface area contributed by atoms with E-state index in [1.165, 1.54) is 12.8 Å². The van der Waals surface area contributed by atoms with Crippen molar-refractivity contribution in [2.75, 3.05) is 39.4 Å². The summed E-state index contributed by atoms with van der Waals surface area (Å²) >= 11 is 0. The van der Waals surface area contributed by atoms with Crippen molar-refractivity contribution in [2.24, 2.45) is 23.2 Å². The molecule has 7 heteroatoms. The van der Waals surface area contributed by atoms with E-state index in [0.717, 1.165) is 39.0 Å². The lowest BCUT2D eigenvalue weighted by atomic mass is 9.64. The molecule has 2 heterocycles. The molecular formula is C19H31N3O4. The van der Waals surface area contributed by atoms with Gasteiger partial charge in [0.05, 0.1) is 13.2 Å². The van der Waals surface area contributed by atoms with Gasteiger partial charge in [0.15, 0.2) is 0 Å². The Morgan fingerprint density at radius 2 is 1.92 bits per heavy atom. The quantitative estimate of drug-likeness (QED) is 0.572. The number of hydrogen-bond acceptors (Lipinski definition) is 5. The number of likely N-dealkylation sites (tertiary alicyclic amines) is 2. The lowest BCUT2D eigenvalue weighted by Gasteiger charge is -2.49. The van der Waals surface area contributed by atoms with Crippen LogP contribution < -0.4 is 5.48 Å². The maximum absolute atomic E-state index is 12.1. The van der Waals surface area contributed by atoms with Crippen molar-refractivity contribution in [3.8, 4) is 0 Å². The number of rotatable bonds is 6. The van der Waals surface area contributed by atoms with E-state index in [2.05, 4.69) is 10.4 Å². The fraction of sp³-hybridized carbons (Fsp3) is 0.895. The van der Waals surface area contributed by atoms with Crippen LogP contribution >= 0.6 is 0 Å². The summed E-state index contributed by atoms with van der Waals surface area (Å²) in [7, 11) is 0. The van der Waals surface area contributed by atoms with Crippen LogP contribution in [0.1, 0.15) is 39.5 Å². The summed E-state index contributed by atoms with van der Waals surface area (Å²) in [6.07, 6.45) is 4.21. The molecule has 4 aliphatic rings. The third kappa shape index (κ3) is 3.20. The average molecular weight is 365 g/mol. The Bertz CT molecular complexity index is 551. The van der Waals surface area contributed by atoms with Gasteiger partial charge in [-0.1, -0.05) is 6.92 Å². The van der Waals surface area contributed by atoms with Crippen LogP contribution in [0.2, 0.25) is 0 Å². The molecule has 2 amide bonds. The van der Waals surface area contributed by atoms with Gasteiger partial charge in [0.25, 0.3) is 0 Å². The molecule has 1 spiro atoms. The van der Waals surface area contributed by atoms with Gasteiger partial charge in [-0.3, -0.25) is 14.5 Å². The summed E-state index contributed by atoms with van der Waals surface area (Å²) in [5, 5.41) is 0. The van der Waals surface area contributed by atoms with Gasteiger partial charge in [0.1, 0.15) is 0 Å². The summed E-state index contributed by atoms with van der Waals surface area (Å²) in [5.74, 6) is 1.25. The minimum absolute atomic E-state index is 0.0686. The fourth-order valence-corrected chi connectivity index (χ4v) is 5.38. The van der Waals surface area contributed by atoms with Gasteiger partial charge >= 0.3 is 6.09 Å². The average Bonchev–Trinajstić information content (AvgIpc) is 2.97. The zero-order valence-electron chi connectivity index (χ0n) is 15.9. The maximum atomic E-state index is 12.1. The van der Waals surface area contributed by atoms with Gasteiger partial charge in [-0.15, -0.1) is 0 Å². The van der Waals surface area contributed by atoms with E-state index in [1.807, 2.05) is 18.7 Å². The molecule has 4 fully saturated rings. The SMILES string of the molecule is CCCONC(=O)C1C2CN(C3CC4(CCN(C(=O)OCC)C4)C3)CC21. The van der Waals surface area contributed by atoms with Gasteiger partial charge in [0.2, 0.25) is 5.91 Å². The minimum Gasteiger partial charge on any atom is -0.450 e. The first kappa shape index (κ1) is 18.0. The van der Waals surface area contributed by atoms with E-state index in [0.29, 0.717) is 36.5 Å². The molecule has 0 bridgehead atoms. The molecule has 0 radical (unpaired) electrons. The van der Waals surface area contributed by atoms with Crippen LogP contribution in [0.25, 0.3) is 0 Å². The summed E-state index contributed by atoms with van der Waals surface area (Å²) in [6, 6.07) is 0.630. The highest BCUT2D eigenvalue weighted by Gasteiger charge is 2.62. The van der Waals surface area contributed by atoms with E-state index in [9.17, 15) is 9.59 Å². The van der Waals surface area contributed by atoms with E-state index in [1.54, 1.807) is 0 Å². The van der Waals surface area contributed by atoms with Crippen molar-refractivity contribution in [1.82, 2.24) is 15.3 Å². The van der Waals surface area contributed by atoms with Crippen LogP contribution in [0.5, 0.6) is 0 Å². The van der Waals surface area contributed by atoms with Crippen molar-refractivity contribution in [3.63, 3.8) is 0 Å². The molecule has 2 unspecified atom stereocenters. The molecule has 2 aliphatic carbocycles. The second-order valence-electron chi connectivity index (χ2n) is 8.55. The molecule has 4 rings (SSSR count). The highest BCUT2D eigenvalue weighted by atomic mass is 16.6. The predicted octanol–water partition coefficient (Wildman–Crippen LogP) is 1.63. The standard InChI is InChI=1S/C19H31N3O4/c1-3-7-26-20-17(23)16-14-10-22(11-15(14)16)13-8-19(9-13)5-6-21(12-19)18(24)25-4-2/h13-16H,3-12H2,1-2H3,(H,20,23). The van der Waals surface area contributed by atoms with Gasteiger partial charge in [-0.05, 0) is 49.9 Å². The second kappa shape index (κ2) is 7.00. The smallest absolute Gasteiger partial charge is 0.409 e. The molecule has 1 N–H and O–H groups in total. The van der Waals surface area contributed by atoms with Crippen molar-refractivity contribution < 1.29 is 19.2 Å². The number of hydrogen-bond donors (Lipinski definition) is 1. The Balaban J connectivity index is 1.19. The number of hydroxylamine groups is 1. The van der Waals surface area contributed by atoms with Gasteiger partial charge in [-0.2, -0.15) is 0 Å². The highest BCUT2D eigenvalue weighted by Crippen LogP contribution is 2.56. The van der Waals surface area contributed by atoms with Crippen molar-refractivity contribution >= 4 is 12.0 Å². The summed E-state index contributed by atoms with van der Waals surface area (Å²) in [6.45, 7) is 8.66. The number of carbonyl (C=O) groups excluding carboxylic acids is 2. The topological polar surface area (TPSA) is 71.1 Å². The van der Waals surface area contributed by atoms with Crippen molar-refractivity contribution in [1.29, 1.82) is 0 Å². The lowest BCUT2D eigenvalue weighted by Crippen LogP contribution is -2.52. The van der Waals surface area contributed by atoms with Crippen LogP contribution in [0, 0.1) is 23.2 Å². The molecule has 2 atom stereocenters. The van der Waals surface area contributed by atoms with Crippen LogP contribution in [0.3, 0.4) is 0 Å². The number of carbonyl (C=O) groups is 2. The number of piperidine rings is 1. The molecule has 7 nitrogen and oxygen atoms in total. The Morgan fingerprint density at radius 3 is 2.58 bits per heavy atom. The van der Waals surface area contributed by atoms with Gasteiger partial charge in [-0.25, -0.2) is 10.3 Å². The zero-order chi connectivity index (χ0) is 18.3. The fourth-order valence-electron chi connectivity index (χ4n) is 5.38. The Morgan fingerprint density at radius 1 is 1.19 bits per heavy atom. The third-order valence-electron chi connectivity index (χ3n) is 6.82. The molecule has 0 aromatic carbocycles. The molecule has 2 saturated carbocycles. The maximum Gasteiger partial charge on any atom is 0.409 e. The molecule has 2 saturated heterocycles. The Labute approximate surface area is 155 Å². The van der Waals surface area contributed by atoms with Gasteiger partial charge in [0, 0.05) is 38.1 Å². The van der Waals surface area contributed by atoms with Crippen LogP contribution in [0.15, 0.2) is 0 Å². The van der Waals surface area contributed by atoms with E-state index in [-0.39, 0.29) is 17.9 Å². The Kier molecular flexibility index (Phi) is 4.86. The number of amides is 2. The van der Waals surface area contributed by atoms with Crippen molar-refractivity contribution in [3.05, 3.63) is 0 Å². The van der Waals surface area contributed by atoms with Crippen LogP contribution in [0.4, 0.5) is 4.79 Å². The monoisotopic (exact) mass is 365 g/mol. The van der Waals surface area contributed by atoms with Crippen molar-refractivity contribution in [2.45, 2.75) is 45.6 Å². The largest absolute Gasteiger partial charge is 0.450 e. The van der Waals surface area contributed by atoms with Crippen LogP contribution in [-0.2, 0) is 14.4 Å². The molecule has 0 aromatic rings. The third-order valence-corrected chi connectivity index (χ3v) is 6.82. The van der Waals surface area contributed by atoms with E-state index < -0.39 is 0 Å². The molecule has 146 valence electrons. The van der Waals surface area contributed by atoms with Gasteiger partial charge < -0.3 is 9.64 Å². The molecule has 2 aliphatic heterocycles. The normalized spacial score (nSPS) is 38.2. The first-order chi connectivity index (χ1) is 12.6. The molecule has 26 heavy (non-hydrogen) atoms. The van der Waals surface area contributed by atoms with Crippen LogP contribution in [-0.4, -0.2) is 67.2 Å². The Hall–Kier alpha value is -1.34. The summed E-state index contributed by atoms with van der Waals surface area (Å²) in [4.78, 5) is 33.6. The first-order valence-corrected chi connectivity index (χ1v) is 10.1. The zero-order valence-corrected chi connectivity index (χ0v) is 15.9. The minimum atomic E-state index is -0.158. The predicted molar refractivity (Wildman–Crippen MR) is 95.1 cm³/mol. The summed E-state index contributed by atoms with van der Waals surface area (Å²) in [5.41, 5.74) is 2.92. The number of ether oxygens (including phenoxy) is 1. The number of fused-ring (bicyclic) bond motifs is 1. The van der Waals surface area contributed by atoms with E-state index in [4.69, 9.17) is 9.57 Å². The first-order valence-electron chi connectivity index (χ1n) is 10.1. The second-order valence-corrected chi connectivity index (χ2v) is 8.55. The number of nitrogens with one attached hydrogen (secondary N) is 1. The lowest BCUT2D eigenvalue weighted by molar-refractivity contribution is -0.136. The highest BCUT2D eigenvalue weighted by molar-refractivity contribution is 5.81. The summed E-state index contributed by atoms with van der Waals surface area (Å²) < 4.78 is 5.13. The van der Waals surface area contributed by atoms with E-state index >= 15 is 0 Å². The number of nitrogens with zero attached hydrogens (tertiary/aromatic N) is 2.